The molecule has 0 aliphatic rings. The third kappa shape index (κ3) is 3.49. The quantitative estimate of drug-likeness (QED) is 0.795. The highest BCUT2D eigenvalue weighted by molar-refractivity contribution is 9.10. The van der Waals surface area contributed by atoms with Crippen molar-refractivity contribution in [3.63, 3.8) is 0 Å². The first-order chi connectivity index (χ1) is 7.45. The van der Waals surface area contributed by atoms with E-state index in [-0.39, 0.29) is 18.4 Å². The topological polar surface area (TPSA) is 36.7 Å². The minimum absolute atomic E-state index is 0.0888. The van der Waals surface area contributed by atoms with Crippen molar-refractivity contribution >= 4 is 15.9 Å². The molecule has 86 valence electrons. The van der Waals surface area contributed by atoms with Gasteiger partial charge in [-0.05, 0) is 34.0 Å². The van der Waals surface area contributed by atoms with E-state index in [9.17, 15) is 13.2 Å². The Morgan fingerprint density at radius 1 is 1.44 bits per heavy atom. The maximum Gasteiger partial charge on any atom is 0.395 e. The molecule has 0 spiro atoms. The molecule has 1 heterocycles. The highest BCUT2D eigenvalue weighted by atomic mass is 79.9. The van der Waals surface area contributed by atoms with Crippen LogP contribution < -0.4 is 0 Å². The van der Waals surface area contributed by atoms with Crippen LogP contribution in [0.2, 0.25) is 0 Å². The van der Waals surface area contributed by atoms with Gasteiger partial charge in [-0.1, -0.05) is 6.07 Å². The van der Waals surface area contributed by atoms with E-state index < -0.39 is 12.1 Å². The van der Waals surface area contributed by atoms with Crippen molar-refractivity contribution in [1.29, 1.82) is 5.26 Å². The number of pyridine rings is 1. The molecule has 0 aromatic carbocycles. The van der Waals surface area contributed by atoms with Crippen LogP contribution in [0.15, 0.2) is 22.9 Å². The van der Waals surface area contributed by atoms with Gasteiger partial charge in [0, 0.05) is 12.6 Å². The van der Waals surface area contributed by atoms with Crippen molar-refractivity contribution in [3.8, 4) is 6.07 Å². The van der Waals surface area contributed by atoms with Crippen molar-refractivity contribution < 1.29 is 13.2 Å². The van der Waals surface area contributed by atoms with E-state index in [2.05, 4.69) is 20.9 Å². The average Bonchev–Trinajstić information content (AvgIpc) is 2.19. The van der Waals surface area contributed by atoms with Gasteiger partial charge in [-0.3, -0.25) is 0 Å². The van der Waals surface area contributed by atoms with Crippen molar-refractivity contribution in [2.75, 3.05) is 0 Å². The lowest BCUT2D eigenvalue weighted by atomic mass is 9.95. The van der Waals surface area contributed by atoms with E-state index in [4.69, 9.17) is 5.26 Å². The monoisotopic (exact) mass is 292 g/mol. The molecule has 1 aromatic rings. The van der Waals surface area contributed by atoms with Gasteiger partial charge in [0.15, 0.2) is 0 Å². The Bertz CT molecular complexity index is 381. The SMILES string of the molecule is N#CCCC(c1ccc(Br)nc1)C(F)(F)F. The van der Waals surface area contributed by atoms with Gasteiger partial charge in [-0.25, -0.2) is 4.98 Å². The van der Waals surface area contributed by atoms with E-state index in [0.29, 0.717) is 4.60 Å². The molecule has 0 bridgehead atoms. The van der Waals surface area contributed by atoms with Gasteiger partial charge in [0.05, 0.1) is 12.0 Å². The fraction of sp³-hybridized carbons (Fsp3) is 0.400. The summed E-state index contributed by atoms with van der Waals surface area (Å²) in [4.78, 5) is 3.76. The van der Waals surface area contributed by atoms with Crippen LogP contribution >= 0.6 is 15.9 Å². The molecule has 6 heteroatoms. The number of nitrogens with zero attached hydrogens (tertiary/aromatic N) is 2. The van der Waals surface area contributed by atoms with Gasteiger partial charge < -0.3 is 0 Å². The molecule has 1 aromatic heterocycles. The number of rotatable bonds is 3. The molecule has 1 rings (SSSR count). The van der Waals surface area contributed by atoms with Crippen LogP contribution in [-0.4, -0.2) is 11.2 Å². The maximum atomic E-state index is 12.7. The van der Waals surface area contributed by atoms with Crippen LogP contribution in [0.5, 0.6) is 0 Å². The van der Waals surface area contributed by atoms with E-state index in [1.165, 1.54) is 18.3 Å². The third-order valence-corrected chi connectivity index (χ3v) is 2.56. The summed E-state index contributed by atoms with van der Waals surface area (Å²) in [6, 6.07) is 4.55. The van der Waals surface area contributed by atoms with Crippen LogP contribution in [0.3, 0.4) is 0 Å². The predicted octanol–water partition coefficient (Wildman–Crippen LogP) is 3.79. The maximum absolute atomic E-state index is 12.7. The third-order valence-electron chi connectivity index (χ3n) is 2.09. The summed E-state index contributed by atoms with van der Waals surface area (Å²) < 4.78 is 38.5. The van der Waals surface area contributed by atoms with Crippen LogP contribution in [0.4, 0.5) is 13.2 Å². The van der Waals surface area contributed by atoms with Gasteiger partial charge >= 0.3 is 6.18 Å². The molecule has 0 aliphatic carbocycles. The second kappa shape index (κ2) is 5.30. The lowest BCUT2D eigenvalue weighted by Gasteiger charge is -2.19. The van der Waals surface area contributed by atoms with Gasteiger partial charge in [-0.2, -0.15) is 18.4 Å². The second-order valence-electron chi connectivity index (χ2n) is 3.21. The Hall–Kier alpha value is -1.09. The smallest absolute Gasteiger partial charge is 0.249 e. The number of nitriles is 1. The first-order valence-electron chi connectivity index (χ1n) is 4.50. The standard InChI is InChI=1S/C10H8BrF3N2/c11-9-4-3-7(6-16-9)8(2-1-5-15)10(12,13)14/h3-4,6,8H,1-2H2. The Kier molecular flexibility index (Phi) is 4.30. The second-order valence-corrected chi connectivity index (χ2v) is 4.02. The number of hydrogen-bond donors (Lipinski definition) is 0. The molecule has 0 N–H and O–H groups in total. The summed E-state index contributed by atoms with van der Waals surface area (Å²) in [6.07, 6.45) is -3.52. The zero-order valence-corrected chi connectivity index (χ0v) is 9.72. The molecule has 0 saturated heterocycles. The van der Waals surface area contributed by atoms with Crippen molar-refractivity contribution in [2.45, 2.75) is 24.9 Å². The highest BCUT2D eigenvalue weighted by Crippen LogP contribution is 2.37. The Balaban J connectivity index is 2.93. The minimum atomic E-state index is -4.34. The fourth-order valence-corrected chi connectivity index (χ4v) is 1.56. The molecule has 1 atom stereocenters. The highest BCUT2D eigenvalue weighted by Gasteiger charge is 2.40. The number of hydrogen-bond acceptors (Lipinski definition) is 2. The molecular weight excluding hydrogens is 285 g/mol. The lowest BCUT2D eigenvalue weighted by molar-refractivity contribution is -0.151. The zero-order chi connectivity index (χ0) is 12.2. The van der Waals surface area contributed by atoms with Crippen molar-refractivity contribution in [1.82, 2.24) is 4.98 Å². The largest absolute Gasteiger partial charge is 0.395 e. The summed E-state index contributed by atoms with van der Waals surface area (Å²) in [7, 11) is 0. The molecule has 1 unspecified atom stereocenters. The number of aromatic nitrogens is 1. The molecule has 0 aliphatic heterocycles. The van der Waals surface area contributed by atoms with Gasteiger partial charge in [-0.15, -0.1) is 0 Å². The first-order valence-corrected chi connectivity index (χ1v) is 5.29. The summed E-state index contributed by atoms with van der Waals surface area (Å²) in [6.45, 7) is 0. The summed E-state index contributed by atoms with van der Waals surface area (Å²) in [5, 5.41) is 8.33. The lowest BCUT2D eigenvalue weighted by Crippen LogP contribution is -2.20. The van der Waals surface area contributed by atoms with Gasteiger partial charge in [0.2, 0.25) is 0 Å². The number of halogens is 4. The summed E-state index contributed by atoms with van der Waals surface area (Å²) in [5.41, 5.74) is 0.0888. The van der Waals surface area contributed by atoms with Crippen molar-refractivity contribution in [2.24, 2.45) is 0 Å². The molecule has 0 fully saturated rings. The summed E-state index contributed by atoms with van der Waals surface area (Å²) in [5.74, 6) is -1.62. The van der Waals surface area contributed by atoms with Crippen LogP contribution in [0.1, 0.15) is 24.3 Å². The van der Waals surface area contributed by atoms with E-state index >= 15 is 0 Å². The average molecular weight is 293 g/mol. The van der Waals surface area contributed by atoms with Crippen LogP contribution in [0, 0.1) is 11.3 Å². The van der Waals surface area contributed by atoms with E-state index in [1.54, 1.807) is 6.07 Å². The summed E-state index contributed by atoms with van der Waals surface area (Å²) >= 11 is 3.05. The first kappa shape index (κ1) is 13.0. The van der Waals surface area contributed by atoms with Crippen LogP contribution in [-0.2, 0) is 0 Å². The molecular formula is C10H8BrF3N2. The van der Waals surface area contributed by atoms with Gasteiger partial charge in [0.1, 0.15) is 4.60 Å². The van der Waals surface area contributed by atoms with E-state index in [0.717, 1.165) is 0 Å². The van der Waals surface area contributed by atoms with Crippen molar-refractivity contribution in [3.05, 3.63) is 28.5 Å². The Labute approximate surface area is 99.2 Å². The number of alkyl halides is 3. The van der Waals surface area contributed by atoms with Gasteiger partial charge in [0.25, 0.3) is 0 Å². The Morgan fingerprint density at radius 2 is 2.12 bits per heavy atom. The molecule has 0 saturated carbocycles. The molecule has 0 amide bonds. The minimum Gasteiger partial charge on any atom is -0.249 e. The molecule has 2 nitrogen and oxygen atoms in total. The molecule has 16 heavy (non-hydrogen) atoms. The predicted molar refractivity (Wildman–Crippen MR) is 55.6 cm³/mol. The Morgan fingerprint density at radius 3 is 2.56 bits per heavy atom. The normalized spacial score (nSPS) is 13.2. The zero-order valence-electron chi connectivity index (χ0n) is 8.13. The fourth-order valence-electron chi connectivity index (χ4n) is 1.32. The van der Waals surface area contributed by atoms with Crippen LogP contribution in [0.25, 0.3) is 0 Å². The molecule has 0 radical (unpaired) electrons. The van der Waals surface area contributed by atoms with E-state index in [1.807, 2.05) is 0 Å².